The molecule has 3 N–H and O–H groups in total. The average Bonchev–Trinajstić information content (AvgIpc) is 2.83. The Hall–Kier alpha value is -1.44. The molecule has 7 heteroatoms. The fraction of sp³-hybridized carbons (Fsp3) is 0.462. The Kier molecular flexibility index (Phi) is 4.42. The van der Waals surface area contributed by atoms with Gasteiger partial charge in [0, 0.05) is 12.3 Å². The van der Waals surface area contributed by atoms with Gasteiger partial charge in [0.25, 0.3) is 0 Å². The summed E-state index contributed by atoms with van der Waals surface area (Å²) in [6.07, 6.45) is 2.19. The van der Waals surface area contributed by atoms with Crippen LogP contribution in [0.15, 0.2) is 23.1 Å². The number of benzene rings is 1. The van der Waals surface area contributed by atoms with E-state index in [2.05, 4.69) is 5.32 Å². The second-order valence-electron chi connectivity index (χ2n) is 4.91. The van der Waals surface area contributed by atoms with Crippen LogP contribution in [0.25, 0.3) is 0 Å². The molecule has 0 saturated carbocycles. The lowest BCUT2D eigenvalue weighted by Crippen LogP contribution is -2.20. The maximum absolute atomic E-state index is 11.9. The Morgan fingerprint density at radius 1 is 1.50 bits per heavy atom. The summed E-state index contributed by atoms with van der Waals surface area (Å²) in [7, 11) is -3.72. The molecule has 6 nitrogen and oxygen atoms in total. The van der Waals surface area contributed by atoms with Gasteiger partial charge in [-0.2, -0.15) is 0 Å². The van der Waals surface area contributed by atoms with Crippen molar-refractivity contribution in [1.82, 2.24) is 0 Å². The highest BCUT2D eigenvalue weighted by Gasteiger charge is 2.19. The van der Waals surface area contributed by atoms with E-state index in [0.717, 1.165) is 12.8 Å². The van der Waals surface area contributed by atoms with Crippen molar-refractivity contribution in [2.24, 2.45) is 5.14 Å². The van der Waals surface area contributed by atoms with Crippen LogP contribution in [0, 0.1) is 6.92 Å². The van der Waals surface area contributed by atoms with Crippen LogP contribution in [-0.2, 0) is 19.6 Å². The summed E-state index contributed by atoms with van der Waals surface area (Å²) in [5.74, 6) is -0.136. The molecule has 1 aromatic carbocycles. The topological polar surface area (TPSA) is 98.5 Å². The molecule has 1 fully saturated rings. The minimum absolute atomic E-state index is 0.0148. The van der Waals surface area contributed by atoms with Gasteiger partial charge in [0.2, 0.25) is 15.9 Å². The molecule has 1 amide bonds. The van der Waals surface area contributed by atoms with Gasteiger partial charge in [-0.05, 0) is 43.5 Å². The van der Waals surface area contributed by atoms with Gasteiger partial charge < -0.3 is 10.1 Å². The van der Waals surface area contributed by atoms with Gasteiger partial charge >= 0.3 is 0 Å². The first-order valence-electron chi connectivity index (χ1n) is 6.41. The van der Waals surface area contributed by atoms with Crippen LogP contribution in [0.2, 0.25) is 0 Å². The van der Waals surface area contributed by atoms with Crippen LogP contribution in [0.3, 0.4) is 0 Å². The Morgan fingerprint density at radius 2 is 2.25 bits per heavy atom. The van der Waals surface area contributed by atoms with Crippen LogP contribution in [0.1, 0.15) is 24.8 Å². The molecule has 1 atom stereocenters. The summed E-state index contributed by atoms with van der Waals surface area (Å²) < 4.78 is 27.8. The monoisotopic (exact) mass is 298 g/mol. The van der Waals surface area contributed by atoms with Crippen molar-refractivity contribution in [1.29, 1.82) is 0 Å². The lowest BCUT2D eigenvalue weighted by molar-refractivity contribution is -0.118. The summed E-state index contributed by atoms with van der Waals surface area (Å²) in [4.78, 5) is 11.9. The smallest absolute Gasteiger partial charge is 0.238 e. The Labute approximate surface area is 118 Å². The van der Waals surface area contributed by atoms with Crippen molar-refractivity contribution < 1.29 is 17.9 Å². The van der Waals surface area contributed by atoms with Crippen molar-refractivity contribution in [3.8, 4) is 0 Å². The Morgan fingerprint density at radius 3 is 2.80 bits per heavy atom. The molecule has 0 bridgehead atoms. The van der Waals surface area contributed by atoms with E-state index in [-0.39, 0.29) is 16.9 Å². The number of sulfonamides is 1. The number of carbonyl (C=O) groups excluding carboxylic acids is 1. The number of primary sulfonamides is 1. The van der Waals surface area contributed by atoms with E-state index in [1.54, 1.807) is 13.0 Å². The average molecular weight is 298 g/mol. The zero-order valence-corrected chi connectivity index (χ0v) is 12.1. The summed E-state index contributed by atoms with van der Waals surface area (Å²) >= 11 is 0. The molecular weight excluding hydrogens is 280 g/mol. The second kappa shape index (κ2) is 5.90. The van der Waals surface area contributed by atoms with E-state index in [9.17, 15) is 13.2 Å². The van der Waals surface area contributed by atoms with Gasteiger partial charge in [-0.1, -0.05) is 0 Å². The van der Waals surface area contributed by atoms with E-state index in [0.29, 0.717) is 24.3 Å². The molecule has 1 heterocycles. The lowest BCUT2D eigenvalue weighted by atomic mass is 10.1. The van der Waals surface area contributed by atoms with Crippen LogP contribution in [0.4, 0.5) is 5.69 Å². The summed E-state index contributed by atoms with van der Waals surface area (Å²) in [5.41, 5.74) is 1.23. The second-order valence-corrected chi connectivity index (χ2v) is 6.47. The number of hydrogen-bond donors (Lipinski definition) is 2. The van der Waals surface area contributed by atoms with Crippen molar-refractivity contribution in [3.05, 3.63) is 23.8 Å². The molecule has 2 rings (SSSR count). The van der Waals surface area contributed by atoms with E-state index in [1.807, 2.05) is 0 Å². The van der Waals surface area contributed by atoms with E-state index >= 15 is 0 Å². The van der Waals surface area contributed by atoms with E-state index < -0.39 is 10.0 Å². The Bertz CT molecular complexity index is 607. The third-order valence-electron chi connectivity index (χ3n) is 3.24. The number of anilines is 1. The van der Waals surface area contributed by atoms with Gasteiger partial charge in [0.1, 0.15) is 0 Å². The molecule has 1 aromatic rings. The van der Waals surface area contributed by atoms with Crippen molar-refractivity contribution in [2.45, 2.75) is 37.2 Å². The number of hydrogen-bond acceptors (Lipinski definition) is 4. The lowest BCUT2D eigenvalue weighted by Gasteiger charge is -2.12. The number of amides is 1. The molecule has 1 unspecified atom stereocenters. The van der Waals surface area contributed by atoms with Gasteiger partial charge in [-0.25, -0.2) is 13.6 Å². The van der Waals surface area contributed by atoms with Gasteiger partial charge in [-0.15, -0.1) is 0 Å². The first-order chi connectivity index (χ1) is 9.36. The van der Waals surface area contributed by atoms with Gasteiger partial charge in [0.15, 0.2) is 0 Å². The first-order valence-corrected chi connectivity index (χ1v) is 7.96. The fourth-order valence-corrected chi connectivity index (χ4v) is 2.77. The largest absolute Gasteiger partial charge is 0.378 e. The highest BCUT2D eigenvalue weighted by atomic mass is 32.2. The molecule has 0 spiro atoms. The van der Waals surface area contributed by atoms with Crippen molar-refractivity contribution in [2.75, 3.05) is 11.9 Å². The van der Waals surface area contributed by atoms with Crippen LogP contribution < -0.4 is 10.5 Å². The molecule has 0 aliphatic carbocycles. The molecule has 110 valence electrons. The standard InChI is InChI=1S/C13H18N2O4S/c1-9-7-11(20(14,17)18)4-5-12(9)15-13(16)8-10-3-2-6-19-10/h4-5,7,10H,2-3,6,8H2,1H3,(H,15,16)(H2,14,17,18). The summed E-state index contributed by atoms with van der Waals surface area (Å²) in [5, 5.41) is 7.82. The minimum atomic E-state index is -3.72. The predicted octanol–water partition coefficient (Wildman–Crippen LogP) is 1.15. The Balaban J connectivity index is 2.04. The molecule has 1 saturated heterocycles. The normalized spacial score (nSPS) is 19.0. The molecular formula is C13H18N2O4S. The first kappa shape index (κ1) is 15.0. The zero-order chi connectivity index (χ0) is 14.8. The van der Waals surface area contributed by atoms with Crippen LogP contribution >= 0.6 is 0 Å². The number of ether oxygens (including phenoxy) is 1. The number of carbonyl (C=O) groups is 1. The SMILES string of the molecule is Cc1cc(S(N)(=O)=O)ccc1NC(=O)CC1CCCO1. The third kappa shape index (κ3) is 3.78. The number of aryl methyl sites for hydroxylation is 1. The molecule has 0 radical (unpaired) electrons. The van der Waals surface area contributed by atoms with Crippen molar-refractivity contribution >= 4 is 21.6 Å². The highest BCUT2D eigenvalue weighted by molar-refractivity contribution is 7.89. The predicted molar refractivity (Wildman–Crippen MR) is 74.8 cm³/mol. The number of nitrogens with one attached hydrogen (secondary N) is 1. The van der Waals surface area contributed by atoms with Crippen LogP contribution in [0.5, 0.6) is 0 Å². The maximum atomic E-state index is 11.9. The minimum Gasteiger partial charge on any atom is -0.378 e. The van der Waals surface area contributed by atoms with E-state index in [4.69, 9.17) is 9.88 Å². The molecule has 0 aromatic heterocycles. The van der Waals surface area contributed by atoms with Gasteiger partial charge in [0.05, 0.1) is 17.4 Å². The summed E-state index contributed by atoms with van der Waals surface area (Å²) in [6.45, 7) is 2.43. The molecule has 1 aliphatic heterocycles. The van der Waals surface area contributed by atoms with Gasteiger partial charge in [-0.3, -0.25) is 4.79 Å². The number of rotatable bonds is 4. The quantitative estimate of drug-likeness (QED) is 0.871. The summed E-state index contributed by atoms with van der Waals surface area (Å²) in [6, 6.07) is 4.36. The number of nitrogens with two attached hydrogens (primary N) is 1. The zero-order valence-electron chi connectivity index (χ0n) is 11.3. The highest BCUT2D eigenvalue weighted by Crippen LogP contribution is 2.20. The van der Waals surface area contributed by atoms with Crippen LogP contribution in [-0.4, -0.2) is 27.0 Å². The molecule has 20 heavy (non-hydrogen) atoms. The molecule has 1 aliphatic rings. The van der Waals surface area contributed by atoms with Crippen molar-refractivity contribution in [3.63, 3.8) is 0 Å². The maximum Gasteiger partial charge on any atom is 0.238 e. The van der Waals surface area contributed by atoms with E-state index in [1.165, 1.54) is 12.1 Å². The fourth-order valence-electron chi connectivity index (χ4n) is 2.17. The third-order valence-corrected chi connectivity index (χ3v) is 4.15.